The van der Waals surface area contributed by atoms with Crippen LogP contribution in [0.4, 0.5) is 0 Å². The molecule has 0 bridgehead atoms. The molecule has 88 valence electrons. The van der Waals surface area contributed by atoms with E-state index in [4.69, 9.17) is 4.74 Å². The lowest BCUT2D eigenvalue weighted by atomic mass is 9.80. The van der Waals surface area contributed by atoms with Gasteiger partial charge in [0.15, 0.2) is 0 Å². The second-order valence-corrected chi connectivity index (χ2v) is 5.28. The van der Waals surface area contributed by atoms with Crippen molar-refractivity contribution in [2.24, 2.45) is 0 Å². The Morgan fingerprint density at radius 2 is 1.73 bits per heavy atom. The summed E-state index contributed by atoms with van der Waals surface area (Å²) < 4.78 is 6.13. The van der Waals surface area contributed by atoms with Crippen molar-refractivity contribution >= 4 is 0 Å². The summed E-state index contributed by atoms with van der Waals surface area (Å²) in [4.78, 5) is 0. The first-order valence-electron chi connectivity index (χ1n) is 6.66. The second kappa shape index (κ2) is 5.31. The molecule has 0 amide bonds. The van der Waals surface area contributed by atoms with E-state index in [0.717, 1.165) is 6.61 Å². The van der Waals surface area contributed by atoms with Crippen molar-refractivity contribution in [3.05, 3.63) is 0 Å². The molecule has 1 aliphatic heterocycles. The van der Waals surface area contributed by atoms with E-state index >= 15 is 0 Å². The van der Waals surface area contributed by atoms with Crippen LogP contribution in [0.1, 0.15) is 57.8 Å². The first kappa shape index (κ1) is 11.4. The van der Waals surface area contributed by atoms with Crippen LogP contribution in [0.5, 0.6) is 0 Å². The molecule has 15 heavy (non-hydrogen) atoms. The highest BCUT2D eigenvalue weighted by molar-refractivity contribution is 4.90. The zero-order valence-electron chi connectivity index (χ0n) is 10.1. The Bertz CT molecular complexity index is 185. The van der Waals surface area contributed by atoms with Crippen molar-refractivity contribution in [2.45, 2.75) is 69.4 Å². The quantitative estimate of drug-likeness (QED) is 0.720. The minimum Gasteiger partial charge on any atom is -0.375 e. The number of nitrogens with one attached hydrogen (secondary N) is 1. The average molecular weight is 211 g/mol. The number of hydrogen-bond acceptors (Lipinski definition) is 2. The van der Waals surface area contributed by atoms with Crippen molar-refractivity contribution in [2.75, 3.05) is 13.7 Å². The normalized spacial score (nSPS) is 32.2. The van der Waals surface area contributed by atoms with Crippen LogP contribution in [0.25, 0.3) is 0 Å². The summed E-state index contributed by atoms with van der Waals surface area (Å²) in [7, 11) is 2.09. The van der Waals surface area contributed by atoms with Gasteiger partial charge in [-0.25, -0.2) is 0 Å². The molecule has 0 aromatic carbocycles. The van der Waals surface area contributed by atoms with Gasteiger partial charge in [0.2, 0.25) is 0 Å². The Kier molecular flexibility index (Phi) is 4.04. The Hall–Kier alpha value is -0.0800. The molecular formula is C13H25NO. The molecule has 0 aromatic heterocycles. The summed E-state index contributed by atoms with van der Waals surface area (Å²) in [5, 5.41) is 3.43. The zero-order chi connectivity index (χ0) is 10.6. The molecule has 1 atom stereocenters. The Balaban J connectivity index is 1.95. The molecule has 2 aliphatic rings. The van der Waals surface area contributed by atoms with Crippen LogP contribution in [0.15, 0.2) is 0 Å². The van der Waals surface area contributed by atoms with Crippen LogP contribution < -0.4 is 5.32 Å². The SMILES string of the molecule is CNC1CCOC2(CCCCCCC2)C1. The molecule has 2 heteroatoms. The molecule has 1 aliphatic carbocycles. The van der Waals surface area contributed by atoms with Gasteiger partial charge in [0.05, 0.1) is 5.60 Å². The van der Waals surface area contributed by atoms with Gasteiger partial charge in [-0.15, -0.1) is 0 Å². The smallest absolute Gasteiger partial charge is 0.0697 e. The van der Waals surface area contributed by atoms with Gasteiger partial charge in [0.1, 0.15) is 0 Å². The Morgan fingerprint density at radius 1 is 1.07 bits per heavy atom. The van der Waals surface area contributed by atoms with Gasteiger partial charge in [-0.05, 0) is 32.7 Å². The van der Waals surface area contributed by atoms with Crippen LogP contribution in [0.2, 0.25) is 0 Å². The van der Waals surface area contributed by atoms with E-state index in [2.05, 4.69) is 12.4 Å². The highest BCUT2D eigenvalue weighted by Crippen LogP contribution is 2.36. The summed E-state index contributed by atoms with van der Waals surface area (Å²) in [6.45, 7) is 0.964. The topological polar surface area (TPSA) is 21.3 Å². The lowest BCUT2D eigenvalue weighted by Crippen LogP contribution is -2.46. The fraction of sp³-hybridized carbons (Fsp3) is 1.00. The van der Waals surface area contributed by atoms with Crippen LogP contribution in [-0.2, 0) is 4.74 Å². The van der Waals surface area contributed by atoms with Crippen molar-refractivity contribution in [1.82, 2.24) is 5.32 Å². The van der Waals surface area contributed by atoms with Gasteiger partial charge in [0.25, 0.3) is 0 Å². The number of hydrogen-bond donors (Lipinski definition) is 1. The maximum Gasteiger partial charge on any atom is 0.0697 e. The molecule has 1 N–H and O–H groups in total. The van der Waals surface area contributed by atoms with Crippen LogP contribution in [-0.4, -0.2) is 25.3 Å². The van der Waals surface area contributed by atoms with Gasteiger partial charge in [0, 0.05) is 12.6 Å². The maximum atomic E-state index is 6.13. The van der Waals surface area contributed by atoms with Crippen LogP contribution in [0.3, 0.4) is 0 Å². The molecule has 2 fully saturated rings. The predicted molar refractivity (Wildman–Crippen MR) is 63.1 cm³/mol. The largest absolute Gasteiger partial charge is 0.375 e. The van der Waals surface area contributed by atoms with Crippen molar-refractivity contribution in [3.63, 3.8) is 0 Å². The van der Waals surface area contributed by atoms with Gasteiger partial charge >= 0.3 is 0 Å². The summed E-state index contributed by atoms with van der Waals surface area (Å²) in [6, 6.07) is 0.693. The van der Waals surface area contributed by atoms with E-state index in [1.165, 1.54) is 57.8 Å². The average Bonchev–Trinajstić information content (AvgIpc) is 2.25. The molecule has 2 rings (SSSR count). The summed E-state index contributed by atoms with van der Waals surface area (Å²) in [5.74, 6) is 0. The van der Waals surface area contributed by atoms with Gasteiger partial charge in [-0.1, -0.05) is 32.1 Å². The van der Waals surface area contributed by atoms with Crippen molar-refractivity contribution in [3.8, 4) is 0 Å². The highest BCUT2D eigenvalue weighted by Gasteiger charge is 2.36. The van der Waals surface area contributed by atoms with Crippen LogP contribution >= 0.6 is 0 Å². The van der Waals surface area contributed by atoms with Crippen molar-refractivity contribution < 1.29 is 4.74 Å². The summed E-state index contributed by atoms with van der Waals surface area (Å²) in [6.07, 6.45) is 12.0. The molecule has 1 spiro atoms. The minimum atomic E-state index is 0.242. The third-order valence-electron chi connectivity index (χ3n) is 4.17. The molecule has 1 unspecified atom stereocenters. The summed E-state index contributed by atoms with van der Waals surface area (Å²) >= 11 is 0. The van der Waals surface area contributed by atoms with Crippen LogP contribution in [0, 0.1) is 0 Å². The highest BCUT2D eigenvalue weighted by atomic mass is 16.5. The summed E-state index contributed by atoms with van der Waals surface area (Å²) in [5.41, 5.74) is 0.242. The van der Waals surface area contributed by atoms with E-state index in [0.29, 0.717) is 6.04 Å². The monoisotopic (exact) mass is 211 g/mol. The van der Waals surface area contributed by atoms with Gasteiger partial charge < -0.3 is 10.1 Å². The molecule has 1 saturated heterocycles. The number of rotatable bonds is 1. The molecule has 1 heterocycles. The minimum absolute atomic E-state index is 0.242. The standard InChI is InChI=1S/C13H25NO/c1-14-12-7-10-15-13(11-12)8-5-3-2-4-6-9-13/h12,14H,2-11H2,1H3. The molecule has 1 saturated carbocycles. The second-order valence-electron chi connectivity index (χ2n) is 5.28. The first-order chi connectivity index (χ1) is 7.35. The third-order valence-corrected chi connectivity index (χ3v) is 4.17. The third kappa shape index (κ3) is 2.94. The molecule has 0 aromatic rings. The lowest BCUT2D eigenvalue weighted by molar-refractivity contribution is -0.102. The maximum absolute atomic E-state index is 6.13. The zero-order valence-corrected chi connectivity index (χ0v) is 10.1. The fourth-order valence-electron chi connectivity index (χ4n) is 3.17. The van der Waals surface area contributed by atoms with E-state index in [-0.39, 0.29) is 5.60 Å². The van der Waals surface area contributed by atoms with Gasteiger partial charge in [-0.2, -0.15) is 0 Å². The predicted octanol–water partition coefficient (Wildman–Crippen LogP) is 2.87. The van der Waals surface area contributed by atoms with E-state index in [9.17, 15) is 0 Å². The Labute approximate surface area is 93.8 Å². The molecular weight excluding hydrogens is 186 g/mol. The Morgan fingerprint density at radius 3 is 2.40 bits per heavy atom. The van der Waals surface area contributed by atoms with Crippen molar-refractivity contribution in [1.29, 1.82) is 0 Å². The van der Waals surface area contributed by atoms with E-state index in [1.807, 2.05) is 0 Å². The van der Waals surface area contributed by atoms with E-state index in [1.54, 1.807) is 0 Å². The van der Waals surface area contributed by atoms with Gasteiger partial charge in [-0.3, -0.25) is 0 Å². The van der Waals surface area contributed by atoms with E-state index < -0.39 is 0 Å². The fourth-order valence-corrected chi connectivity index (χ4v) is 3.17. The lowest BCUT2D eigenvalue weighted by Gasteiger charge is -2.42. The molecule has 0 radical (unpaired) electrons. The number of ether oxygens (including phenoxy) is 1. The first-order valence-corrected chi connectivity index (χ1v) is 6.66. The molecule has 2 nitrogen and oxygen atoms in total.